The van der Waals surface area contributed by atoms with Crippen molar-refractivity contribution in [3.63, 3.8) is 0 Å². The number of ether oxygens (including phenoxy) is 10. The maximum atomic E-state index is 14.7. The number of esters is 6. The van der Waals surface area contributed by atoms with Gasteiger partial charge in [0, 0.05) is 85.8 Å². The highest BCUT2D eigenvalue weighted by molar-refractivity contribution is 5.99. The molecular formula is C74H92O20. The Kier molecular flexibility index (Phi) is 33.0. The van der Waals surface area contributed by atoms with Gasteiger partial charge >= 0.3 is 35.8 Å². The van der Waals surface area contributed by atoms with E-state index < -0.39 is 48.7 Å². The summed E-state index contributed by atoms with van der Waals surface area (Å²) in [6.45, 7) is 13.1. The van der Waals surface area contributed by atoms with Gasteiger partial charge in [-0.2, -0.15) is 0 Å². The number of unbranched alkanes of at least 4 members (excludes halogenated alkanes) is 8. The largest absolute Gasteiger partial charge is 0.489 e. The summed E-state index contributed by atoms with van der Waals surface area (Å²) in [6.07, 6.45) is 10.0. The Balaban J connectivity index is 2.01. The van der Waals surface area contributed by atoms with Crippen LogP contribution >= 0.6 is 0 Å². The van der Waals surface area contributed by atoms with E-state index in [2.05, 4.69) is 22.6 Å². The summed E-state index contributed by atoms with van der Waals surface area (Å²) in [5.41, 5.74) is 4.70. The maximum Gasteiger partial charge on any atom is 0.330 e. The number of benzene rings is 4. The maximum absolute atomic E-state index is 14.7. The fourth-order valence-corrected chi connectivity index (χ4v) is 10.8. The van der Waals surface area contributed by atoms with Gasteiger partial charge in [0.15, 0.2) is 23.1 Å². The molecule has 20 nitrogen and oxygen atoms in total. The van der Waals surface area contributed by atoms with Gasteiger partial charge in [-0.1, -0.05) is 92.2 Å². The predicted octanol–water partition coefficient (Wildman–Crippen LogP) is 12.6. The molecule has 0 radical (unpaired) electrons. The number of hydrogen-bond acceptors (Lipinski definition) is 20. The molecule has 0 N–H and O–H groups in total. The van der Waals surface area contributed by atoms with Gasteiger partial charge in [-0.15, -0.1) is 0 Å². The van der Waals surface area contributed by atoms with Crippen molar-refractivity contribution in [1.82, 2.24) is 0 Å². The Labute approximate surface area is 551 Å². The third-order valence-corrected chi connectivity index (χ3v) is 15.5. The Morgan fingerprint density at radius 1 is 0.330 bits per heavy atom. The topological polar surface area (TPSA) is 263 Å². The van der Waals surface area contributed by atoms with Gasteiger partial charge in [0.1, 0.15) is 88.7 Å². The van der Waals surface area contributed by atoms with Crippen LogP contribution in [0.4, 0.5) is 0 Å². The molecule has 0 saturated carbocycles. The molecule has 20 heteroatoms. The monoisotopic (exact) mass is 1300 g/mol. The lowest BCUT2D eigenvalue weighted by atomic mass is 9.86. The minimum absolute atomic E-state index is 0.0911. The van der Waals surface area contributed by atoms with Crippen molar-refractivity contribution in [2.45, 2.75) is 169 Å². The zero-order valence-electron chi connectivity index (χ0n) is 55.6. The van der Waals surface area contributed by atoms with Crippen LogP contribution in [-0.4, -0.2) is 126 Å². The number of hydrogen-bond donors (Lipinski definition) is 0. The van der Waals surface area contributed by atoms with Crippen LogP contribution < -0.4 is 18.9 Å². The second kappa shape index (κ2) is 40.9. The summed E-state index contributed by atoms with van der Waals surface area (Å²) >= 11 is 0. The normalized spacial score (nSPS) is 11.5. The van der Waals surface area contributed by atoms with E-state index in [0.717, 1.165) is 77.7 Å². The Hall–Kier alpha value is -8.94. The highest BCUT2D eigenvalue weighted by Gasteiger charge is 2.28. The number of ketones is 4. The Bertz CT molecular complexity index is 3000. The molecular weight excluding hydrogens is 1210 g/mol. The van der Waals surface area contributed by atoms with Crippen molar-refractivity contribution in [2.24, 2.45) is 0 Å². The second-order valence-electron chi connectivity index (χ2n) is 22.8. The number of rotatable bonds is 42. The molecule has 508 valence electrons. The predicted molar refractivity (Wildman–Crippen MR) is 350 cm³/mol. The molecule has 0 unspecified atom stereocenters. The van der Waals surface area contributed by atoms with Crippen molar-refractivity contribution in [3.05, 3.63) is 141 Å². The Morgan fingerprint density at radius 3 is 0.755 bits per heavy atom. The first-order chi connectivity index (χ1) is 45.4. The van der Waals surface area contributed by atoms with Crippen LogP contribution in [0.25, 0.3) is 0 Å². The van der Waals surface area contributed by atoms with Crippen LogP contribution in [0, 0.1) is 0 Å². The van der Waals surface area contributed by atoms with Crippen molar-refractivity contribution < 1.29 is 95.3 Å². The van der Waals surface area contributed by atoms with E-state index in [1.54, 1.807) is 48.5 Å². The summed E-state index contributed by atoms with van der Waals surface area (Å²) in [4.78, 5) is 134. The highest BCUT2D eigenvalue weighted by Crippen LogP contribution is 2.42. The minimum atomic E-state index is -0.863. The van der Waals surface area contributed by atoms with Crippen LogP contribution in [0.3, 0.4) is 0 Å². The molecule has 0 saturated heterocycles. The molecule has 4 aromatic carbocycles. The van der Waals surface area contributed by atoms with Crippen molar-refractivity contribution in [1.29, 1.82) is 0 Å². The zero-order valence-corrected chi connectivity index (χ0v) is 55.6. The first-order valence-corrected chi connectivity index (χ1v) is 32.7. The quantitative estimate of drug-likeness (QED) is 0.00877. The van der Waals surface area contributed by atoms with Crippen LogP contribution in [0.15, 0.2) is 73.8 Å². The number of carbonyl (C=O) groups is 10. The molecule has 4 aromatic rings. The number of fused-ring (bicyclic) bond motifs is 8. The van der Waals surface area contributed by atoms with Crippen molar-refractivity contribution >= 4 is 58.9 Å². The van der Waals surface area contributed by atoms with E-state index in [-0.39, 0.29) is 150 Å². The van der Waals surface area contributed by atoms with Gasteiger partial charge in [0.2, 0.25) is 0 Å². The molecule has 1 aliphatic rings. The lowest BCUT2D eigenvalue weighted by Crippen LogP contribution is -2.18. The summed E-state index contributed by atoms with van der Waals surface area (Å²) < 4.78 is 58.2. The Morgan fingerprint density at radius 2 is 0.553 bits per heavy atom. The summed E-state index contributed by atoms with van der Waals surface area (Å²) in [5.74, 6) is -4.47. The number of carbonyl (C=O) groups excluding carboxylic acids is 10. The number of methoxy groups -OCH3 is 2. The van der Waals surface area contributed by atoms with Crippen molar-refractivity contribution in [2.75, 3.05) is 67.1 Å². The zero-order chi connectivity index (χ0) is 68.4. The first kappa shape index (κ1) is 75.8. The van der Waals surface area contributed by atoms with E-state index in [0.29, 0.717) is 92.4 Å². The third kappa shape index (κ3) is 24.5. The van der Waals surface area contributed by atoms with E-state index in [9.17, 15) is 47.9 Å². The summed E-state index contributed by atoms with van der Waals surface area (Å²) in [6, 6.07) is 13.8. The molecule has 0 heterocycles. The number of Topliss-reactive ketones (excluding diaryl/α,β-unsaturated/α-hetero) is 4. The van der Waals surface area contributed by atoms with Crippen LogP contribution in [-0.2, 0) is 82.9 Å². The lowest BCUT2D eigenvalue weighted by molar-refractivity contribution is -0.155. The average molecular weight is 1300 g/mol. The van der Waals surface area contributed by atoms with Gasteiger partial charge < -0.3 is 47.4 Å². The SMILES string of the molecule is C=CC(=O)OCCOc1c2cc(C(=O)CCCCC)cc1Cc1cc(C(=O)CCCCC)cc(c1OCCOC(=O)CC(=O)OC)Cc1cc(C(=O)CCCCC)cc(c1OCCOC(=O)C=C)Cc1cc(C(=O)CCCCC)cc(c1OCCOC(=O)CC(=O)OC)C2. The van der Waals surface area contributed by atoms with Crippen LogP contribution in [0.2, 0.25) is 0 Å². The smallest absolute Gasteiger partial charge is 0.330 e. The van der Waals surface area contributed by atoms with Crippen molar-refractivity contribution in [3.8, 4) is 23.0 Å². The molecule has 5 rings (SSSR count). The molecule has 0 amide bonds. The molecule has 1 aliphatic carbocycles. The van der Waals surface area contributed by atoms with E-state index in [1.165, 1.54) is 0 Å². The highest BCUT2D eigenvalue weighted by atomic mass is 16.6. The van der Waals surface area contributed by atoms with E-state index in [4.69, 9.17) is 37.9 Å². The summed E-state index contributed by atoms with van der Waals surface area (Å²) in [5, 5.41) is 0. The second-order valence-corrected chi connectivity index (χ2v) is 22.8. The molecule has 0 spiro atoms. The van der Waals surface area contributed by atoms with E-state index in [1.807, 2.05) is 27.7 Å². The molecule has 0 atom stereocenters. The van der Waals surface area contributed by atoms with E-state index >= 15 is 0 Å². The molecule has 0 aliphatic heterocycles. The molecule has 8 bridgehead atoms. The first-order valence-electron chi connectivity index (χ1n) is 32.7. The molecule has 94 heavy (non-hydrogen) atoms. The van der Waals surface area contributed by atoms with Crippen LogP contribution in [0.5, 0.6) is 23.0 Å². The van der Waals surface area contributed by atoms with Gasteiger partial charge in [0.05, 0.1) is 14.2 Å². The lowest BCUT2D eigenvalue weighted by Gasteiger charge is -2.25. The average Bonchev–Trinajstić information content (AvgIpc) is 0.778. The standard InChI is InChI=1S/C74H92O20/c1-9-15-19-23-61(75)49-35-53-43-57-39-51(63(77)25-21-17-11-3)41-59(73(57)93-33-29-89-69(83)47-67(81)85-7)45-55-37-50(62(76)24-20-16-10-2)38-56(72(55)92-32-28-88-66(80)14-6)46-60-42-52(64(78)26-22-18-12-4)40-58(74(60)94-34-30-90-70(84)48-68(82)86-8)44-54(36-49)71(53)91-31-27-87-65(79)13-5/h13-14,35-42H,5-6,9-12,15-34,43-48H2,1-4,7-8H3. The molecule has 0 aromatic heterocycles. The van der Waals surface area contributed by atoms with Gasteiger partial charge in [-0.25, -0.2) is 9.59 Å². The fourth-order valence-electron chi connectivity index (χ4n) is 10.8. The summed E-state index contributed by atoms with van der Waals surface area (Å²) in [7, 11) is 2.30. The van der Waals surface area contributed by atoms with Gasteiger partial charge in [-0.05, 0) is 119 Å². The van der Waals surface area contributed by atoms with Crippen LogP contribution in [0.1, 0.15) is 229 Å². The molecule has 0 fully saturated rings. The minimum Gasteiger partial charge on any atom is -0.489 e. The third-order valence-electron chi connectivity index (χ3n) is 15.5. The fraction of sp³-hybridized carbons (Fsp3) is 0.486. The van der Waals surface area contributed by atoms with Gasteiger partial charge in [0.25, 0.3) is 0 Å². The van der Waals surface area contributed by atoms with Gasteiger partial charge in [-0.3, -0.25) is 38.4 Å².